The lowest BCUT2D eigenvalue weighted by Crippen LogP contribution is -2.49. The second-order valence-electron chi connectivity index (χ2n) is 8.95. The molecular weight excluding hydrogens is 328 g/mol. The van der Waals surface area contributed by atoms with Crippen LogP contribution in [0.15, 0.2) is 35.6 Å². The molecule has 1 unspecified atom stereocenters. The zero-order chi connectivity index (χ0) is 18.7. The zero-order valence-corrected chi connectivity index (χ0v) is 16.2. The van der Waals surface area contributed by atoms with Crippen LogP contribution in [0.2, 0.25) is 0 Å². The van der Waals surface area contributed by atoms with Crippen molar-refractivity contribution >= 4 is 5.97 Å². The molecule has 4 aliphatic carbocycles. The number of rotatable bonds is 2. The molecule has 0 aliphatic heterocycles. The highest BCUT2D eigenvalue weighted by atomic mass is 16.5. The topological polar surface area (TPSA) is 55.8 Å². The van der Waals surface area contributed by atoms with Gasteiger partial charge in [0.15, 0.2) is 0 Å². The SMILES string of the molecule is CO[C@@H]1CC[C@H]2[C@@H]3C=CC4=C(OC(C)=O)C(O)C=C[C@]4(C)[C@H]3CC[C@]12C. The van der Waals surface area contributed by atoms with Gasteiger partial charge in [-0.25, -0.2) is 0 Å². The molecule has 0 aromatic carbocycles. The molecule has 4 nitrogen and oxygen atoms in total. The van der Waals surface area contributed by atoms with Crippen LogP contribution in [0.3, 0.4) is 0 Å². The van der Waals surface area contributed by atoms with E-state index < -0.39 is 6.10 Å². The van der Waals surface area contributed by atoms with E-state index in [1.54, 1.807) is 6.08 Å². The standard InChI is InChI=1S/C22H30O4/c1-13(23)26-20-17-6-5-14-15-7-8-19(25-4)22(15,3)11-9-16(14)21(17,2)12-10-18(20)24/h5-6,10,12,14-16,18-19,24H,7-9,11H2,1-4H3/t14-,15-,16-,18?,19+,21+,22-/m0/s1. The molecule has 0 spiro atoms. The van der Waals surface area contributed by atoms with Crippen LogP contribution in [0.4, 0.5) is 0 Å². The summed E-state index contributed by atoms with van der Waals surface area (Å²) in [5.41, 5.74) is 1.01. The summed E-state index contributed by atoms with van der Waals surface area (Å²) in [7, 11) is 1.85. The van der Waals surface area contributed by atoms with Crippen molar-refractivity contribution in [2.45, 2.75) is 58.7 Å². The molecule has 26 heavy (non-hydrogen) atoms. The summed E-state index contributed by atoms with van der Waals surface area (Å²) in [4.78, 5) is 11.6. The van der Waals surface area contributed by atoms with Crippen LogP contribution in [0.1, 0.15) is 46.5 Å². The van der Waals surface area contributed by atoms with Crippen molar-refractivity contribution < 1.29 is 19.4 Å². The van der Waals surface area contributed by atoms with Gasteiger partial charge in [-0.1, -0.05) is 38.2 Å². The molecule has 2 saturated carbocycles. The number of allylic oxidation sites excluding steroid dienone is 4. The number of carbonyl (C=O) groups excluding carboxylic acids is 1. The lowest BCUT2D eigenvalue weighted by atomic mass is 9.50. The van der Waals surface area contributed by atoms with Crippen LogP contribution in [0.25, 0.3) is 0 Å². The smallest absolute Gasteiger partial charge is 0.307 e. The number of methoxy groups -OCH3 is 1. The fourth-order valence-corrected chi connectivity index (χ4v) is 6.46. The van der Waals surface area contributed by atoms with Gasteiger partial charge in [0.05, 0.1) is 6.10 Å². The molecule has 4 heteroatoms. The molecule has 7 atom stereocenters. The maximum Gasteiger partial charge on any atom is 0.307 e. The number of aliphatic hydroxyl groups is 1. The van der Waals surface area contributed by atoms with Crippen LogP contribution >= 0.6 is 0 Å². The molecule has 0 radical (unpaired) electrons. The van der Waals surface area contributed by atoms with Crippen LogP contribution in [-0.4, -0.2) is 30.4 Å². The van der Waals surface area contributed by atoms with Crippen LogP contribution in [0, 0.1) is 28.6 Å². The Balaban J connectivity index is 1.76. The van der Waals surface area contributed by atoms with Crippen molar-refractivity contribution in [3.8, 4) is 0 Å². The lowest BCUT2D eigenvalue weighted by molar-refractivity contribution is -0.138. The molecule has 142 valence electrons. The van der Waals surface area contributed by atoms with Gasteiger partial charge in [-0.15, -0.1) is 0 Å². The van der Waals surface area contributed by atoms with Crippen molar-refractivity contribution in [3.63, 3.8) is 0 Å². The first kappa shape index (κ1) is 18.0. The van der Waals surface area contributed by atoms with Gasteiger partial charge < -0.3 is 14.6 Å². The Kier molecular flexibility index (Phi) is 4.20. The minimum absolute atomic E-state index is 0.198. The summed E-state index contributed by atoms with van der Waals surface area (Å²) in [6.45, 7) is 6.03. The number of ether oxygens (including phenoxy) is 2. The molecule has 4 rings (SSSR count). The molecule has 0 aromatic heterocycles. The summed E-state index contributed by atoms with van der Waals surface area (Å²) in [5.74, 6) is 1.62. The fraction of sp³-hybridized carbons (Fsp3) is 0.682. The number of aliphatic hydroxyl groups excluding tert-OH is 1. The fourth-order valence-electron chi connectivity index (χ4n) is 6.46. The normalized spacial score (nSPS) is 46.6. The van der Waals surface area contributed by atoms with Crippen LogP contribution < -0.4 is 0 Å². The second kappa shape index (κ2) is 6.07. The Morgan fingerprint density at radius 3 is 2.65 bits per heavy atom. The van der Waals surface area contributed by atoms with E-state index in [9.17, 15) is 9.90 Å². The van der Waals surface area contributed by atoms with Gasteiger partial charge in [-0.2, -0.15) is 0 Å². The molecule has 0 heterocycles. The first-order valence-electron chi connectivity index (χ1n) is 9.82. The average Bonchev–Trinajstić information content (AvgIpc) is 2.94. The number of esters is 1. The van der Waals surface area contributed by atoms with E-state index in [1.807, 2.05) is 7.11 Å². The average molecular weight is 358 g/mol. The van der Waals surface area contributed by atoms with Gasteiger partial charge in [-0.05, 0) is 48.9 Å². The summed E-state index contributed by atoms with van der Waals surface area (Å²) in [5, 5.41) is 10.4. The van der Waals surface area contributed by atoms with Gasteiger partial charge in [-0.3, -0.25) is 4.79 Å². The van der Waals surface area contributed by atoms with Gasteiger partial charge in [0, 0.05) is 25.0 Å². The van der Waals surface area contributed by atoms with E-state index in [4.69, 9.17) is 9.47 Å². The molecule has 4 aliphatic rings. The molecule has 2 fully saturated rings. The minimum Gasteiger partial charge on any atom is -0.428 e. The maximum atomic E-state index is 11.6. The van der Waals surface area contributed by atoms with Crippen molar-refractivity contribution in [2.24, 2.45) is 28.6 Å². The van der Waals surface area contributed by atoms with E-state index in [0.717, 1.165) is 24.8 Å². The minimum atomic E-state index is -0.846. The van der Waals surface area contributed by atoms with Gasteiger partial charge in [0.1, 0.15) is 11.9 Å². The van der Waals surface area contributed by atoms with E-state index in [2.05, 4.69) is 32.1 Å². The molecule has 0 aromatic rings. The first-order chi connectivity index (χ1) is 12.3. The largest absolute Gasteiger partial charge is 0.428 e. The van der Waals surface area contributed by atoms with Crippen LogP contribution in [0.5, 0.6) is 0 Å². The van der Waals surface area contributed by atoms with Crippen molar-refractivity contribution in [1.29, 1.82) is 0 Å². The van der Waals surface area contributed by atoms with Crippen molar-refractivity contribution in [3.05, 3.63) is 35.6 Å². The van der Waals surface area contributed by atoms with E-state index in [1.165, 1.54) is 13.3 Å². The van der Waals surface area contributed by atoms with Crippen molar-refractivity contribution in [2.75, 3.05) is 7.11 Å². The van der Waals surface area contributed by atoms with Gasteiger partial charge in [0.2, 0.25) is 0 Å². The van der Waals surface area contributed by atoms with Gasteiger partial charge >= 0.3 is 5.97 Å². The third kappa shape index (κ3) is 2.38. The third-order valence-electron chi connectivity index (χ3n) is 7.78. The Hall–Kier alpha value is -1.39. The Morgan fingerprint density at radius 1 is 1.19 bits per heavy atom. The summed E-state index contributed by atoms with van der Waals surface area (Å²) in [6.07, 6.45) is 12.5. The Bertz CT molecular complexity index is 705. The lowest BCUT2D eigenvalue weighted by Gasteiger charge is -2.55. The third-order valence-corrected chi connectivity index (χ3v) is 7.78. The summed E-state index contributed by atoms with van der Waals surface area (Å²) in [6, 6.07) is 0. The number of hydrogen-bond acceptors (Lipinski definition) is 4. The molecule has 1 N–H and O–H groups in total. The highest BCUT2D eigenvalue weighted by Crippen LogP contribution is 2.63. The highest BCUT2D eigenvalue weighted by molar-refractivity contribution is 5.68. The van der Waals surface area contributed by atoms with Gasteiger partial charge in [0.25, 0.3) is 0 Å². The molecule has 0 bridgehead atoms. The van der Waals surface area contributed by atoms with E-state index in [-0.39, 0.29) is 16.8 Å². The predicted molar refractivity (Wildman–Crippen MR) is 99.0 cm³/mol. The summed E-state index contributed by atoms with van der Waals surface area (Å²) >= 11 is 0. The monoisotopic (exact) mass is 358 g/mol. The first-order valence-corrected chi connectivity index (χ1v) is 9.82. The van der Waals surface area contributed by atoms with E-state index >= 15 is 0 Å². The second-order valence-corrected chi connectivity index (χ2v) is 8.95. The van der Waals surface area contributed by atoms with Crippen LogP contribution in [-0.2, 0) is 14.3 Å². The van der Waals surface area contributed by atoms with Crippen molar-refractivity contribution in [1.82, 2.24) is 0 Å². The number of fused-ring (bicyclic) bond motifs is 5. The quantitative estimate of drug-likeness (QED) is 0.603. The molecule has 0 saturated heterocycles. The number of carbonyl (C=O) groups is 1. The predicted octanol–water partition coefficient (Wildman–Crippen LogP) is 3.77. The Labute approximate surface area is 155 Å². The zero-order valence-electron chi connectivity index (χ0n) is 16.2. The Morgan fingerprint density at radius 2 is 1.96 bits per heavy atom. The number of hydrogen-bond donors (Lipinski definition) is 1. The highest BCUT2D eigenvalue weighted by Gasteiger charge is 2.58. The summed E-state index contributed by atoms with van der Waals surface area (Å²) < 4.78 is 11.3. The molecular formula is C22H30O4. The maximum absolute atomic E-state index is 11.6. The van der Waals surface area contributed by atoms with E-state index in [0.29, 0.717) is 29.6 Å². The molecule has 0 amide bonds.